The van der Waals surface area contributed by atoms with Crippen molar-refractivity contribution in [3.8, 4) is 0 Å². The first-order valence-corrected chi connectivity index (χ1v) is 6.40. The van der Waals surface area contributed by atoms with Crippen molar-refractivity contribution in [3.05, 3.63) is 49.7 Å². The molecule has 0 aliphatic rings. The zero-order valence-corrected chi connectivity index (χ0v) is 11.3. The Morgan fingerprint density at radius 1 is 1.47 bits per heavy atom. The number of para-hydroxylation sites is 1. The topological polar surface area (TPSA) is 68.1 Å². The van der Waals surface area contributed by atoms with Crippen molar-refractivity contribution in [1.29, 1.82) is 0 Å². The monoisotopic (exact) mass is 281 g/mol. The summed E-state index contributed by atoms with van der Waals surface area (Å²) < 4.78 is 13.6. The molecule has 0 amide bonds. The number of hydrogen-bond donors (Lipinski definition) is 1. The van der Waals surface area contributed by atoms with Crippen molar-refractivity contribution >= 4 is 22.7 Å². The highest BCUT2D eigenvalue weighted by atomic mass is 32.1. The molecule has 0 aliphatic heterocycles. The van der Waals surface area contributed by atoms with Gasteiger partial charge in [-0.2, -0.15) is 0 Å². The molecule has 1 aromatic heterocycles. The Kier molecular flexibility index (Phi) is 3.75. The number of hydrogen-bond acceptors (Lipinski definition) is 5. The molecule has 1 N–H and O–H groups in total. The molecular formula is C12H12FN3O2S. The molecule has 0 fully saturated rings. The van der Waals surface area contributed by atoms with Crippen LogP contribution in [0, 0.1) is 29.8 Å². The fraction of sp³-hybridized carbons (Fsp3) is 0.250. The maximum atomic E-state index is 13.6. The first kappa shape index (κ1) is 13.4. The van der Waals surface area contributed by atoms with E-state index in [9.17, 15) is 14.5 Å². The van der Waals surface area contributed by atoms with E-state index < -0.39 is 10.7 Å². The summed E-state index contributed by atoms with van der Waals surface area (Å²) in [4.78, 5) is 15.4. The molecule has 0 spiro atoms. The van der Waals surface area contributed by atoms with E-state index in [2.05, 4.69) is 10.3 Å². The number of nitrogens with one attached hydrogen (secondary N) is 1. The van der Waals surface area contributed by atoms with Gasteiger partial charge in [-0.05, 0) is 19.9 Å². The first-order chi connectivity index (χ1) is 8.99. The van der Waals surface area contributed by atoms with Crippen LogP contribution in [0.2, 0.25) is 0 Å². The van der Waals surface area contributed by atoms with Gasteiger partial charge in [0, 0.05) is 10.9 Å². The molecule has 5 nitrogen and oxygen atoms in total. The smallest absolute Gasteiger partial charge is 0.295 e. The van der Waals surface area contributed by atoms with Crippen LogP contribution in [-0.4, -0.2) is 9.91 Å². The van der Waals surface area contributed by atoms with Crippen LogP contribution < -0.4 is 5.32 Å². The van der Waals surface area contributed by atoms with E-state index >= 15 is 0 Å². The van der Waals surface area contributed by atoms with Crippen molar-refractivity contribution < 1.29 is 9.31 Å². The van der Waals surface area contributed by atoms with E-state index in [1.165, 1.54) is 29.5 Å². The minimum atomic E-state index is -0.631. The van der Waals surface area contributed by atoms with Crippen LogP contribution in [0.15, 0.2) is 18.2 Å². The minimum Gasteiger partial charge on any atom is -0.372 e. The number of halogens is 1. The van der Waals surface area contributed by atoms with Gasteiger partial charge >= 0.3 is 0 Å². The van der Waals surface area contributed by atoms with Gasteiger partial charge in [0.15, 0.2) is 5.82 Å². The lowest BCUT2D eigenvalue weighted by atomic mass is 10.2. The van der Waals surface area contributed by atoms with Crippen molar-refractivity contribution in [2.75, 3.05) is 5.32 Å². The third-order valence-corrected chi connectivity index (χ3v) is 3.69. The fourth-order valence-corrected chi connectivity index (χ4v) is 2.62. The largest absolute Gasteiger partial charge is 0.372 e. The second-order valence-corrected chi connectivity index (χ2v) is 5.27. The summed E-state index contributed by atoms with van der Waals surface area (Å²) in [6, 6.07) is 3.79. The Morgan fingerprint density at radius 3 is 2.79 bits per heavy atom. The normalized spacial score (nSPS) is 10.5. The van der Waals surface area contributed by atoms with Crippen LogP contribution in [0.1, 0.15) is 15.6 Å². The summed E-state index contributed by atoms with van der Waals surface area (Å²) in [6.07, 6.45) is 0. The average molecular weight is 281 g/mol. The number of anilines is 1. The van der Waals surface area contributed by atoms with E-state index in [0.29, 0.717) is 6.54 Å². The number of nitro benzene ring substituents is 1. The van der Waals surface area contributed by atoms with E-state index in [1.54, 1.807) is 0 Å². The van der Waals surface area contributed by atoms with Gasteiger partial charge in [-0.15, -0.1) is 11.3 Å². The molecule has 0 radical (unpaired) electrons. The van der Waals surface area contributed by atoms with Gasteiger partial charge in [-0.3, -0.25) is 10.1 Å². The van der Waals surface area contributed by atoms with Crippen LogP contribution in [0.4, 0.5) is 15.8 Å². The Morgan fingerprint density at radius 2 is 2.21 bits per heavy atom. The minimum absolute atomic E-state index is 0.0852. The lowest BCUT2D eigenvalue weighted by Crippen LogP contribution is -2.04. The SMILES string of the molecule is Cc1nc(C)c(CNc2c(F)cccc2[N+](=O)[O-])s1. The summed E-state index contributed by atoms with van der Waals surface area (Å²) in [5.41, 5.74) is 0.505. The lowest BCUT2D eigenvalue weighted by molar-refractivity contribution is -0.384. The number of benzene rings is 1. The predicted molar refractivity (Wildman–Crippen MR) is 72.0 cm³/mol. The molecule has 0 saturated heterocycles. The summed E-state index contributed by atoms with van der Waals surface area (Å²) in [7, 11) is 0. The summed E-state index contributed by atoms with van der Waals surface area (Å²) in [6.45, 7) is 4.06. The predicted octanol–water partition coefficient (Wildman–Crippen LogP) is 3.42. The zero-order chi connectivity index (χ0) is 14.0. The van der Waals surface area contributed by atoms with E-state index in [0.717, 1.165) is 15.6 Å². The van der Waals surface area contributed by atoms with Crippen LogP contribution in [-0.2, 0) is 6.54 Å². The Labute approximate surface area is 113 Å². The van der Waals surface area contributed by atoms with Crippen molar-refractivity contribution in [2.45, 2.75) is 20.4 Å². The molecule has 2 aromatic rings. The number of nitrogens with zero attached hydrogens (tertiary/aromatic N) is 2. The highest BCUT2D eigenvalue weighted by Crippen LogP contribution is 2.28. The van der Waals surface area contributed by atoms with Gasteiger partial charge in [0.25, 0.3) is 5.69 Å². The van der Waals surface area contributed by atoms with Gasteiger partial charge < -0.3 is 5.32 Å². The van der Waals surface area contributed by atoms with Gasteiger partial charge in [0.2, 0.25) is 0 Å². The summed E-state index contributed by atoms with van der Waals surface area (Å²) in [5.74, 6) is -0.631. The standard InChI is InChI=1S/C12H12FN3O2S/c1-7-11(19-8(2)15-7)6-14-12-9(13)4-3-5-10(12)16(17)18/h3-5,14H,6H2,1-2H3. The van der Waals surface area contributed by atoms with Gasteiger partial charge in [-0.1, -0.05) is 6.07 Å². The fourth-order valence-electron chi connectivity index (χ4n) is 1.75. The molecule has 100 valence electrons. The molecular weight excluding hydrogens is 269 g/mol. The number of nitro groups is 1. The molecule has 0 aliphatic carbocycles. The van der Waals surface area contributed by atoms with E-state index in [4.69, 9.17) is 0 Å². The summed E-state index contributed by atoms with van der Waals surface area (Å²) >= 11 is 1.49. The molecule has 1 aromatic carbocycles. The molecule has 0 atom stereocenters. The first-order valence-electron chi connectivity index (χ1n) is 5.58. The van der Waals surface area contributed by atoms with Gasteiger partial charge in [0.1, 0.15) is 5.69 Å². The molecule has 2 rings (SSSR count). The Hall–Kier alpha value is -2.02. The number of rotatable bonds is 4. The second kappa shape index (κ2) is 5.31. The Balaban J connectivity index is 2.24. The molecule has 19 heavy (non-hydrogen) atoms. The van der Waals surface area contributed by atoms with Gasteiger partial charge in [-0.25, -0.2) is 9.37 Å². The third-order valence-electron chi connectivity index (χ3n) is 2.61. The molecule has 0 bridgehead atoms. The molecule has 1 heterocycles. The highest BCUT2D eigenvalue weighted by molar-refractivity contribution is 7.11. The van der Waals surface area contributed by atoms with Gasteiger partial charge in [0.05, 0.1) is 22.2 Å². The van der Waals surface area contributed by atoms with Crippen LogP contribution in [0.5, 0.6) is 0 Å². The third kappa shape index (κ3) is 2.87. The van der Waals surface area contributed by atoms with Crippen molar-refractivity contribution in [3.63, 3.8) is 0 Å². The van der Waals surface area contributed by atoms with Crippen molar-refractivity contribution in [2.24, 2.45) is 0 Å². The van der Waals surface area contributed by atoms with Crippen LogP contribution >= 0.6 is 11.3 Å². The number of thiazole rings is 1. The Bertz CT molecular complexity index is 627. The number of aromatic nitrogens is 1. The highest BCUT2D eigenvalue weighted by Gasteiger charge is 2.18. The molecule has 0 saturated carbocycles. The number of aryl methyl sites for hydroxylation is 2. The average Bonchev–Trinajstić information content (AvgIpc) is 2.66. The van der Waals surface area contributed by atoms with E-state index in [1.807, 2.05) is 13.8 Å². The van der Waals surface area contributed by atoms with E-state index in [-0.39, 0.29) is 11.4 Å². The van der Waals surface area contributed by atoms with Crippen LogP contribution in [0.25, 0.3) is 0 Å². The quantitative estimate of drug-likeness (QED) is 0.688. The second-order valence-electron chi connectivity index (χ2n) is 3.99. The maximum absolute atomic E-state index is 13.6. The summed E-state index contributed by atoms with van der Waals surface area (Å²) in [5, 5.41) is 14.5. The lowest BCUT2D eigenvalue weighted by Gasteiger charge is -2.07. The molecule has 0 unspecified atom stereocenters. The maximum Gasteiger partial charge on any atom is 0.295 e. The van der Waals surface area contributed by atoms with Crippen LogP contribution in [0.3, 0.4) is 0 Å². The zero-order valence-electron chi connectivity index (χ0n) is 10.4. The molecule has 7 heteroatoms. The van der Waals surface area contributed by atoms with Crippen molar-refractivity contribution in [1.82, 2.24) is 4.98 Å².